The molecule has 1 unspecified atom stereocenters. The molecule has 0 aliphatic heterocycles. The van der Waals surface area contributed by atoms with Crippen molar-refractivity contribution in [1.82, 2.24) is 10.3 Å². The summed E-state index contributed by atoms with van der Waals surface area (Å²) >= 11 is 0. The van der Waals surface area contributed by atoms with Gasteiger partial charge in [-0.25, -0.2) is 4.98 Å². The Balaban J connectivity index is 2.68. The molecule has 0 bridgehead atoms. The molecule has 0 saturated heterocycles. The van der Waals surface area contributed by atoms with E-state index in [9.17, 15) is 0 Å². The number of hydrogen-bond acceptors (Lipinski definition) is 3. The van der Waals surface area contributed by atoms with Gasteiger partial charge in [0.05, 0.1) is 12.1 Å². The van der Waals surface area contributed by atoms with Crippen LogP contribution in [0, 0.1) is 12.3 Å². The molecule has 0 aliphatic rings. The molecule has 86 valence electrons. The average Bonchev–Trinajstić information content (AvgIpc) is 2.26. The lowest BCUT2D eigenvalue weighted by atomic mass is 10.2. The normalized spacial score (nSPS) is 12.2. The van der Waals surface area contributed by atoms with Gasteiger partial charge in [0.1, 0.15) is 0 Å². The van der Waals surface area contributed by atoms with E-state index in [4.69, 9.17) is 11.2 Å². The predicted octanol–water partition coefficient (Wildman–Crippen LogP) is 1.98. The van der Waals surface area contributed by atoms with Crippen LogP contribution in [0.5, 0.6) is 5.88 Å². The second-order valence-corrected chi connectivity index (χ2v) is 3.90. The molecule has 0 spiro atoms. The molecule has 3 heteroatoms. The molecule has 16 heavy (non-hydrogen) atoms. The first kappa shape index (κ1) is 12.5. The number of pyridine rings is 1. The van der Waals surface area contributed by atoms with Gasteiger partial charge in [-0.2, -0.15) is 0 Å². The van der Waals surface area contributed by atoms with Gasteiger partial charge in [0.25, 0.3) is 0 Å². The Hall–Kier alpha value is -1.53. The van der Waals surface area contributed by atoms with E-state index in [2.05, 4.69) is 16.2 Å². The monoisotopic (exact) mass is 218 g/mol. The molecule has 1 heterocycles. The van der Waals surface area contributed by atoms with Crippen molar-refractivity contribution < 1.29 is 4.74 Å². The fourth-order valence-electron chi connectivity index (χ4n) is 1.21. The second kappa shape index (κ2) is 6.14. The van der Waals surface area contributed by atoms with E-state index in [-0.39, 0.29) is 12.1 Å². The lowest BCUT2D eigenvalue weighted by molar-refractivity contribution is 0.229. The minimum absolute atomic E-state index is 0.0482. The van der Waals surface area contributed by atoms with Gasteiger partial charge in [0.15, 0.2) is 0 Å². The number of hydrogen-bond donors (Lipinski definition) is 1. The minimum atomic E-state index is 0.0482. The second-order valence-electron chi connectivity index (χ2n) is 3.90. The summed E-state index contributed by atoms with van der Waals surface area (Å²) in [6.07, 6.45) is 7.15. The third-order valence-electron chi connectivity index (χ3n) is 2.05. The van der Waals surface area contributed by atoms with Crippen LogP contribution >= 0.6 is 0 Å². The van der Waals surface area contributed by atoms with Crippen LogP contribution in [0.1, 0.15) is 26.3 Å². The topological polar surface area (TPSA) is 34.2 Å². The predicted molar refractivity (Wildman–Crippen MR) is 65.1 cm³/mol. The standard InChI is InChI=1S/C13H18N2O/c1-5-11(4)15-9-12-7-6-8-14-13(12)16-10(2)3/h1,6-8,10-11,15H,9H2,2-4H3. The number of nitrogens with zero attached hydrogens (tertiary/aromatic N) is 1. The largest absolute Gasteiger partial charge is 0.475 e. The van der Waals surface area contributed by atoms with Crippen molar-refractivity contribution in [2.45, 2.75) is 39.5 Å². The van der Waals surface area contributed by atoms with E-state index in [1.807, 2.05) is 32.9 Å². The van der Waals surface area contributed by atoms with Crippen LogP contribution in [0.15, 0.2) is 18.3 Å². The molecule has 1 rings (SSSR count). The molecule has 1 aromatic heterocycles. The summed E-state index contributed by atoms with van der Waals surface area (Å²) in [4.78, 5) is 4.21. The minimum Gasteiger partial charge on any atom is -0.475 e. The molecule has 0 amide bonds. The van der Waals surface area contributed by atoms with E-state index in [0.29, 0.717) is 12.4 Å². The van der Waals surface area contributed by atoms with E-state index in [1.165, 1.54) is 0 Å². The summed E-state index contributed by atoms with van der Waals surface area (Å²) < 4.78 is 5.61. The van der Waals surface area contributed by atoms with E-state index in [0.717, 1.165) is 5.56 Å². The van der Waals surface area contributed by atoms with Crippen molar-refractivity contribution in [3.63, 3.8) is 0 Å². The Labute approximate surface area is 97.2 Å². The van der Waals surface area contributed by atoms with Gasteiger partial charge >= 0.3 is 0 Å². The van der Waals surface area contributed by atoms with E-state index < -0.39 is 0 Å². The summed E-state index contributed by atoms with van der Waals surface area (Å²) in [7, 11) is 0. The third kappa shape index (κ3) is 3.92. The zero-order valence-corrected chi connectivity index (χ0v) is 10.0. The average molecular weight is 218 g/mol. The molecule has 0 radical (unpaired) electrons. The summed E-state index contributed by atoms with van der Waals surface area (Å²) in [6.45, 7) is 6.58. The van der Waals surface area contributed by atoms with Gasteiger partial charge in [-0.15, -0.1) is 6.42 Å². The van der Waals surface area contributed by atoms with Gasteiger partial charge in [-0.3, -0.25) is 5.32 Å². The zero-order valence-electron chi connectivity index (χ0n) is 10.0. The highest BCUT2D eigenvalue weighted by molar-refractivity contribution is 5.25. The van der Waals surface area contributed by atoms with Crippen molar-refractivity contribution in [2.75, 3.05) is 0 Å². The number of ether oxygens (including phenoxy) is 1. The van der Waals surface area contributed by atoms with Gasteiger partial charge < -0.3 is 4.74 Å². The SMILES string of the molecule is C#CC(C)NCc1cccnc1OC(C)C. The van der Waals surface area contributed by atoms with Crippen molar-refractivity contribution >= 4 is 0 Å². The van der Waals surface area contributed by atoms with Crippen molar-refractivity contribution in [3.05, 3.63) is 23.9 Å². The van der Waals surface area contributed by atoms with E-state index in [1.54, 1.807) is 6.20 Å². The number of aromatic nitrogens is 1. The van der Waals surface area contributed by atoms with Gasteiger partial charge in [0.2, 0.25) is 5.88 Å². The quantitative estimate of drug-likeness (QED) is 0.767. The van der Waals surface area contributed by atoms with Crippen LogP contribution in [-0.4, -0.2) is 17.1 Å². The fraction of sp³-hybridized carbons (Fsp3) is 0.462. The lowest BCUT2D eigenvalue weighted by Gasteiger charge is -2.14. The third-order valence-corrected chi connectivity index (χ3v) is 2.05. The number of nitrogens with one attached hydrogen (secondary N) is 1. The van der Waals surface area contributed by atoms with Crippen LogP contribution in [-0.2, 0) is 6.54 Å². The van der Waals surface area contributed by atoms with Crippen LogP contribution in [0.3, 0.4) is 0 Å². The van der Waals surface area contributed by atoms with Crippen LogP contribution in [0.25, 0.3) is 0 Å². The molecule has 1 atom stereocenters. The molecule has 1 aromatic rings. The molecular weight excluding hydrogens is 200 g/mol. The summed E-state index contributed by atoms with van der Waals surface area (Å²) in [5.41, 5.74) is 1.03. The lowest BCUT2D eigenvalue weighted by Crippen LogP contribution is -2.24. The highest BCUT2D eigenvalue weighted by Crippen LogP contribution is 2.15. The molecule has 1 N–H and O–H groups in total. The first-order chi connectivity index (χ1) is 7.63. The Morgan fingerprint density at radius 1 is 1.50 bits per heavy atom. The molecular formula is C13H18N2O. The summed E-state index contributed by atoms with van der Waals surface area (Å²) in [6, 6.07) is 3.93. The maximum Gasteiger partial charge on any atom is 0.218 e. The molecule has 3 nitrogen and oxygen atoms in total. The number of terminal acetylenes is 1. The Morgan fingerprint density at radius 2 is 2.25 bits per heavy atom. The van der Waals surface area contributed by atoms with Crippen molar-refractivity contribution in [2.24, 2.45) is 0 Å². The highest BCUT2D eigenvalue weighted by Gasteiger charge is 2.06. The Morgan fingerprint density at radius 3 is 2.88 bits per heavy atom. The first-order valence-electron chi connectivity index (χ1n) is 5.43. The van der Waals surface area contributed by atoms with Crippen LogP contribution in [0.4, 0.5) is 0 Å². The molecule has 0 aromatic carbocycles. The summed E-state index contributed by atoms with van der Waals surface area (Å²) in [5, 5.41) is 3.21. The van der Waals surface area contributed by atoms with Crippen molar-refractivity contribution in [3.8, 4) is 18.2 Å². The Kier molecular flexibility index (Phi) is 4.81. The number of rotatable bonds is 5. The first-order valence-corrected chi connectivity index (χ1v) is 5.43. The fourth-order valence-corrected chi connectivity index (χ4v) is 1.21. The summed E-state index contributed by atoms with van der Waals surface area (Å²) in [5.74, 6) is 3.30. The molecule has 0 fully saturated rings. The van der Waals surface area contributed by atoms with Gasteiger partial charge in [-0.05, 0) is 26.8 Å². The molecule has 0 saturated carbocycles. The Bertz CT molecular complexity index is 368. The highest BCUT2D eigenvalue weighted by atomic mass is 16.5. The van der Waals surface area contributed by atoms with Crippen LogP contribution in [0.2, 0.25) is 0 Å². The maximum atomic E-state index is 5.61. The molecule has 0 aliphatic carbocycles. The van der Waals surface area contributed by atoms with E-state index >= 15 is 0 Å². The van der Waals surface area contributed by atoms with Gasteiger partial charge in [0, 0.05) is 18.3 Å². The smallest absolute Gasteiger partial charge is 0.218 e. The van der Waals surface area contributed by atoms with Crippen LogP contribution < -0.4 is 10.1 Å². The maximum absolute atomic E-state index is 5.61. The van der Waals surface area contributed by atoms with Crippen molar-refractivity contribution in [1.29, 1.82) is 0 Å². The van der Waals surface area contributed by atoms with Gasteiger partial charge in [-0.1, -0.05) is 12.0 Å². The zero-order chi connectivity index (χ0) is 12.0.